The summed E-state index contributed by atoms with van der Waals surface area (Å²) in [4.78, 5) is 14.9. The number of hydrogen-bond donors (Lipinski definition) is 2. The van der Waals surface area contributed by atoms with Crippen LogP contribution in [0.25, 0.3) is 0 Å². The summed E-state index contributed by atoms with van der Waals surface area (Å²) in [6.45, 7) is 6.04. The van der Waals surface area contributed by atoms with Gasteiger partial charge in [-0.3, -0.25) is 10.1 Å². The second-order valence-electron chi connectivity index (χ2n) is 7.37. The maximum absolute atomic E-state index is 12.5. The van der Waals surface area contributed by atoms with Gasteiger partial charge in [0.05, 0.1) is 6.61 Å². The van der Waals surface area contributed by atoms with E-state index in [1.807, 2.05) is 25.1 Å². The Kier molecular flexibility index (Phi) is 7.47. The molecule has 2 aromatic rings. The summed E-state index contributed by atoms with van der Waals surface area (Å²) in [5.41, 5.74) is 2.59. The molecule has 0 saturated carbocycles. The van der Waals surface area contributed by atoms with Gasteiger partial charge in [-0.05, 0) is 87.3 Å². The summed E-state index contributed by atoms with van der Waals surface area (Å²) >= 11 is 5.31. The molecule has 5 nitrogen and oxygen atoms in total. The molecule has 154 valence electrons. The van der Waals surface area contributed by atoms with Gasteiger partial charge in [-0.15, -0.1) is 0 Å². The summed E-state index contributed by atoms with van der Waals surface area (Å²) in [6, 6.07) is 15.9. The highest BCUT2D eigenvalue weighted by Gasteiger charge is 2.18. The Morgan fingerprint density at radius 1 is 1.21 bits per heavy atom. The normalized spacial score (nSPS) is 16.2. The average molecular weight is 412 g/mol. The quantitative estimate of drug-likeness (QED) is 0.657. The molecule has 2 aromatic carbocycles. The van der Waals surface area contributed by atoms with E-state index in [1.165, 1.54) is 24.9 Å². The van der Waals surface area contributed by atoms with Crippen molar-refractivity contribution in [2.75, 3.05) is 23.4 Å². The second-order valence-corrected chi connectivity index (χ2v) is 7.78. The Morgan fingerprint density at radius 3 is 2.72 bits per heavy atom. The van der Waals surface area contributed by atoms with E-state index in [1.54, 1.807) is 18.2 Å². The van der Waals surface area contributed by atoms with E-state index in [9.17, 15) is 4.79 Å². The van der Waals surface area contributed by atoms with Crippen molar-refractivity contribution in [1.82, 2.24) is 5.32 Å². The average Bonchev–Trinajstić information content (AvgIpc) is 2.73. The fourth-order valence-electron chi connectivity index (χ4n) is 3.50. The van der Waals surface area contributed by atoms with Gasteiger partial charge in [-0.2, -0.15) is 0 Å². The molecule has 0 bridgehead atoms. The van der Waals surface area contributed by atoms with Crippen molar-refractivity contribution in [2.45, 2.75) is 45.6 Å². The van der Waals surface area contributed by atoms with Crippen molar-refractivity contribution in [3.05, 3.63) is 54.1 Å². The van der Waals surface area contributed by atoms with Gasteiger partial charge in [0, 0.05) is 29.5 Å². The molecule has 1 fully saturated rings. The fourth-order valence-corrected chi connectivity index (χ4v) is 3.71. The van der Waals surface area contributed by atoms with Crippen molar-refractivity contribution in [2.24, 2.45) is 0 Å². The van der Waals surface area contributed by atoms with Gasteiger partial charge in [-0.1, -0.05) is 13.0 Å². The zero-order chi connectivity index (χ0) is 20.6. The number of ether oxygens (including phenoxy) is 1. The first-order valence-electron chi connectivity index (χ1n) is 10.3. The molecule has 0 unspecified atom stereocenters. The van der Waals surface area contributed by atoms with Crippen LogP contribution in [-0.2, 0) is 0 Å². The Bertz CT molecular complexity index is 838. The van der Waals surface area contributed by atoms with Crippen LogP contribution in [0.15, 0.2) is 48.5 Å². The van der Waals surface area contributed by atoms with Crippen LogP contribution in [0.5, 0.6) is 5.75 Å². The molecule has 1 saturated heterocycles. The number of thiocarbonyl (C=S) groups is 1. The van der Waals surface area contributed by atoms with Crippen LogP contribution < -0.4 is 20.3 Å². The smallest absolute Gasteiger partial charge is 0.257 e. The number of carbonyl (C=O) groups excluding carboxylic acids is 1. The third kappa shape index (κ3) is 5.94. The van der Waals surface area contributed by atoms with Crippen molar-refractivity contribution in [3.8, 4) is 5.75 Å². The van der Waals surface area contributed by atoms with E-state index >= 15 is 0 Å². The molecule has 3 rings (SSSR count). The first-order valence-corrected chi connectivity index (χ1v) is 10.7. The van der Waals surface area contributed by atoms with Crippen LogP contribution >= 0.6 is 12.2 Å². The number of nitrogens with zero attached hydrogens (tertiary/aromatic N) is 1. The minimum atomic E-state index is -0.261. The largest absolute Gasteiger partial charge is 0.494 e. The lowest BCUT2D eigenvalue weighted by Crippen LogP contribution is -2.37. The predicted molar refractivity (Wildman–Crippen MR) is 123 cm³/mol. The summed E-state index contributed by atoms with van der Waals surface area (Å²) < 4.78 is 5.58. The molecule has 1 aliphatic heterocycles. The molecule has 0 spiro atoms. The third-order valence-corrected chi connectivity index (χ3v) is 5.26. The molecule has 1 amide bonds. The Balaban J connectivity index is 1.55. The monoisotopic (exact) mass is 411 g/mol. The summed E-state index contributed by atoms with van der Waals surface area (Å²) in [5, 5.41) is 6.08. The highest BCUT2D eigenvalue weighted by molar-refractivity contribution is 7.80. The first kappa shape index (κ1) is 21.1. The number of rotatable bonds is 6. The van der Waals surface area contributed by atoms with Crippen molar-refractivity contribution >= 4 is 34.6 Å². The zero-order valence-electron chi connectivity index (χ0n) is 17.1. The molecule has 0 aromatic heterocycles. The number of nitrogens with one attached hydrogen (secondary N) is 2. The lowest BCUT2D eigenvalue weighted by atomic mass is 10.0. The van der Waals surface area contributed by atoms with E-state index in [4.69, 9.17) is 17.0 Å². The zero-order valence-corrected chi connectivity index (χ0v) is 17.9. The summed E-state index contributed by atoms with van der Waals surface area (Å²) in [5.74, 6) is 0.420. The van der Waals surface area contributed by atoms with Crippen LogP contribution in [0.3, 0.4) is 0 Å². The van der Waals surface area contributed by atoms with Gasteiger partial charge >= 0.3 is 0 Å². The Morgan fingerprint density at radius 2 is 2.00 bits per heavy atom. The lowest BCUT2D eigenvalue weighted by Gasteiger charge is -2.35. The molecule has 2 N–H and O–H groups in total. The van der Waals surface area contributed by atoms with Gasteiger partial charge in [0.1, 0.15) is 5.75 Å². The molecule has 6 heteroatoms. The Hall–Kier alpha value is -2.60. The maximum Gasteiger partial charge on any atom is 0.257 e. The van der Waals surface area contributed by atoms with Gasteiger partial charge in [0.2, 0.25) is 0 Å². The molecule has 0 radical (unpaired) electrons. The van der Waals surface area contributed by atoms with Gasteiger partial charge in [0.15, 0.2) is 5.11 Å². The van der Waals surface area contributed by atoms with Crippen molar-refractivity contribution < 1.29 is 9.53 Å². The number of hydrogen-bond acceptors (Lipinski definition) is 4. The number of amides is 1. The van der Waals surface area contributed by atoms with Crippen LogP contribution in [0.2, 0.25) is 0 Å². The topological polar surface area (TPSA) is 53.6 Å². The van der Waals surface area contributed by atoms with Crippen molar-refractivity contribution in [1.29, 1.82) is 0 Å². The predicted octanol–water partition coefficient (Wildman–Crippen LogP) is 4.98. The van der Waals surface area contributed by atoms with Crippen LogP contribution in [0.1, 0.15) is 49.9 Å². The van der Waals surface area contributed by atoms with Gasteiger partial charge in [0.25, 0.3) is 5.91 Å². The first-order chi connectivity index (χ1) is 14.1. The van der Waals surface area contributed by atoms with Gasteiger partial charge in [-0.25, -0.2) is 0 Å². The molecule has 1 aliphatic rings. The minimum Gasteiger partial charge on any atom is -0.494 e. The summed E-state index contributed by atoms with van der Waals surface area (Å²) in [7, 11) is 0. The van der Waals surface area contributed by atoms with Crippen molar-refractivity contribution in [3.63, 3.8) is 0 Å². The molecular formula is C23H29N3O2S. The van der Waals surface area contributed by atoms with E-state index in [0.717, 1.165) is 18.7 Å². The second kappa shape index (κ2) is 10.3. The highest BCUT2D eigenvalue weighted by Crippen LogP contribution is 2.25. The standard InChI is InChI=1S/C23H29N3O2S/c1-3-15-28-21-9-6-8-18(16-21)22(27)25-23(29)24-19-10-12-20(13-11-19)26-14-5-4-7-17(26)2/h6,8-13,16-17H,3-5,7,14-15H2,1-2H3,(H2,24,25,27,29)/t17-/m1/s1. The lowest BCUT2D eigenvalue weighted by molar-refractivity contribution is 0.0977. The number of benzene rings is 2. The fraction of sp³-hybridized carbons (Fsp3) is 0.391. The molecule has 1 atom stereocenters. The minimum absolute atomic E-state index is 0.261. The van der Waals surface area contributed by atoms with Crippen LogP contribution in [-0.4, -0.2) is 30.2 Å². The highest BCUT2D eigenvalue weighted by atomic mass is 32.1. The SMILES string of the molecule is CCCOc1cccc(C(=O)NC(=S)Nc2ccc(N3CCCC[C@H]3C)cc2)c1. The summed E-state index contributed by atoms with van der Waals surface area (Å²) in [6.07, 6.45) is 4.70. The van der Waals surface area contributed by atoms with E-state index < -0.39 is 0 Å². The molecule has 0 aliphatic carbocycles. The van der Waals surface area contributed by atoms with E-state index in [2.05, 4.69) is 34.6 Å². The Labute approximate surface area is 178 Å². The molecule has 29 heavy (non-hydrogen) atoms. The third-order valence-electron chi connectivity index (χ3n) is 5.06. The number of carbonyl (C=O) groups is 1. The maximum atomic E-state index is 12.5. The van der Waals surface area contributed by atoms with E-state index in [0.29, 0.717) is 24.0 Å². The van der Waals surface area contributed by atoms with Gasteiger partial charge < -0.3 is 15.0 Å². The molecular weight excluding hydrogens is 382 g/mol. The number of anilines is 2. The van der Waals surface area contributed by atoms with E-state index in [-0.39, 0.29) is 11.0 Å². The van der Waals surface area contributed by atoms with Crippen LogP contribution in [0.4, 0.5) is 11.4 Å². The number of piperidine rings is 1. The van der Waals surface area contributed by atoms with Crippen LogP contribution in [0, 0.1) is 0 Å². The molecule has 1 heterocycles.